The monoisotopic (exact) mass is 228 g/mol. The van der Waals surface area contributed by atoms with Crippen molar-refractivity contribution in [2.75, 3.05) is 6.54 Å². The molecule has 1 amide bonds. The average Bonchev–Trinajstić information content (AvgIpc) is 2.62. The summed E-state index contributed by atoms with van der Waals surface area (Å²) in [7, 11) is 0. The summed E-state index contributed by atoms with van der Waals surface area (Å²) < 4.78 is 0. The first-order chi connectivity index (χ1) is 7.13. The molecule has 0 saturated carbocycles. The SMILES string of the molecule is CCCC(O)CNC(=O)c1csc(C)n1. The number of carbonyl (C=O) groups excluding carboxylic acids is 1. The van der Waals surface area contributed by atoms with Gasteiger partial charge in [-0.05, 0) is 13.3 Å². The Kier molecular flexibility index (Phi) is 4.71. The molecule has 4 nitrogen and oxygen atoms in total. The van der Waals surface area contributed by atoms with Crippen LogP contribution in [0.1, 0.15) is 35.3 Å². The number of amides is 1. The highest BCUT2D eigenvalue weighted by Gasteiger charge is 2.10. The molecule has 84 valence electrons. The number of hydrogen-bond acceptors (Lipinski definition) is 4. The van der Waals surface area contributed by atoms with Gasteiger partial charge in [-0.2, -0.15) is 0 Å². The molecule has 1 unspecified atom stereocenters. The van der Waals surface area contributed by atoms with Crippen LogP contribution in [0.4, 0.5) is 0 Å². The zero-order valence-electron chi connectivity index (χ0n) is 8.99. The van der Waals surface area contributed by atoms with E-state index < -0.39 is 6.10 Å². The molecule has 0 spiro atoms. The van der Waals surface area contributed by atoms with Gasteiger partial charge in [0.25, 0.3) is 5.91 Å². The third kappa shape index (κ3) is 3.97. The maximum absolute atomic E-state index is 11.5. The van der Waals surface area contributed by atoms with Crippen molar-refractivity contribution < 1.29 is 9.90 Å². The van der Waals surface area contributed by atoms with Crippen molar-refractivity contribution in [3.05, 3.63) is 16.1 Å². The van der Waals surface area contributed by atoms with E-state index in [0.29, 0.717) is 18.7 Å². The molecule has 0 fully saturated rings. The molecule has 5 heteroatoms. The van der Waals surface area contributed by atoms with Gasteiger partial charge >= 0.3 is 0 Å². The molecule has 0 aromatic carbocycles. The summed E-state index contributed by atoms with van der Waals surface area (Å²) in [5, 5.41) is 14.7. The maximum atomic E-state index is 11.5. The van der Waals surface area contributed by atoms with E-state index in [1.165, 1.54) is 11.3 Å². The van der Waals surface area contributed by atoms with Crippen molar-refractivity contribution >= 4 is 17.2 Å². The number of thiazole rings is 1. The number of rotatable bonds is 5. The lowest BCUT2D eigenvalue weighted by Gasteiger charge is -2.09. The lowest BCUT2D eigenvalue weighted by atomic mass is 10.2. The number of aromatic nitrogens is 1. The van der Waals surface area contributed by atoms with Crippen LogP contribution in [0.5, 0.6) is 0 Å². The van der Waals surface area contributed by atoms with Crippen LogP contribution in [-0.2, 0) is 0 Å². The zero-order chi connectivity index (χ0) is 11.3. The predicted octanol–water partition coefficient (Wildman–Crippen LogP) is 1.34. The van der Waals surface area contributed by atoms with Crippen LogP contribution in [-0.4, -0.2) is 28.6 Å². The summed E-state index contributed by atoms with van der Waals surface area (Å²) in [5.41, 5.74) is 0.432. The second-order valence-corrected chi connectivity index (χ2v) is 4.47. The summed E-state index contributed by atoms with van der Waals surface area (Å²) in [6, 6.07) is 0. The topological polar surface area (TPSA) is 62.2 Å². The van der Waals surface area contributed by atoms with Gasteiger partial charge in [-0.1, -0.05) is 13.3 Å². The number of nitrogens with one attached hydrogen (secondary N) is 1. The van der Waals surface area contributed by atoms with E-state index in [1.807, 2.05) is 13.8 Å². The molecule has 0 bridgehead atoms. The Morgan fingerprint density at radius 3 is 3.00 bits per heavy atom. The largest absolute Gasteiger partial charge is 0.391 e. The zero-order valence-corrected chi connectivity index (χ0v) is 9.80. The highest BCUT2D eigenvalue weighted by Crippen LogP contribution is 2.07. The van der Waals surface area contributed by atoms with Crippen LogP contribution >= 0.6 is 11.3 Å². The van der Waals surface area contributed by atoms with Crippen LogP contribution in [0.25, 0.3) is 0 Å². The molecule has 2 N–H and O–H groups in total. The van der Waals surface area contributed by atoms with Gasteiger partial charge in [-0.3, -0.25) is 4.79 Å². The van der Waals surface area contributed by atoms with Gasteiger partial charge in [0.05, 0.1) is 11.1 Å². The Hall–Kier alpha value is -0.940. The van der Waals surface area contributed by atoms with Gasteiger partial charge in [0.1, 0.15) is 5.69 Å². The van der Waals surface area contributed by atoms with Gasteiger partial charge in [0.2, 0.25) is 0 Å². The Bertz CT molecular complexity index is 325. The third-order valence-corrected chi connectivity index (χ3v) is 2.75. The van der Waals surface area contributed by atoms with Crippen LogP contribution < -0.4 is 5.32 Å². The molecule has 0 aliphatic carbocycles. The summed E-state index contributed by atoms with van der Waals surface area (Å²) in [4.78, 5) is 15.5. The van der Waals surface area contributed by atoms with Crippen LogP contribution in [0.3, 0.4) is 0 Å². The fraction of sp³-hybridized carbons (Fsp3) is 0.600. The van der Waals surface area contributed by atoms with Crippen molar-refractivity contribution in [1.29, 1.82) is 0 Å². The van der Waals surface area contributed by atoms with Crippen LogP contribution in [0.15, 0.2) is 5.38 Å². The summed E-state index contributed by atoms with van der Waals surface area (Å²) in [5.74, 6) is -0.213. The molecule has 0 saturated heterocycles. The molecular formula is C10H16N2O2S. The highest BCUT2D eigenvalue weighted by atomic mass is 32.1. The number of aliphatic hydroxyl groups excluding tert-OH is 1. The summed E-state index contributed by atoms with van der Waals surface area (Å²) in [6.07, 6.45) is 1.15. The molecule has 1 heterocycles. The fourth-order valence-corrected chi connectivity index (χ4v) is 1.80. The summed E-state index contributed by atoms with van der Waals surface area (Å²) in [6.45, 7) is 4.14. The lowest BCUT2D eigenvalue weighted by Crippen LogP contribution is -2.32. The second-order valence-electron chi connectivity index (χ2n) is 3.40. The first-order valence-corrected chi connectivity index (χ1v) is 5.89. The first kappa shape index (κ1) is 12.1. The molecule has 0 radical (unpaired) electrons. The Morgan fingerprint density at radius 2 is 2.47 bits per heavy atom. The van der Waals surface area contributed by atoms with Crippen molar-refractivity contribution in [2.45, 2.75) is 32.8 Å². The van der Waals surface area contributed by atoms with Crippen molar-refractivity contribution in [3.8, 4) is 0 Å². The van der Waals surface area contributed by atoms with E-state index in [9.17, 15) is 9.90 Å². The van der Waals surface area contributed by atoms with Gasteiger partial charge < -0.3 is 10.4 Å². The van der Waals surface area contributed by atoms with E-state index in [1.54, 1.807) is 5.38 Å². The molecule has 0 aliphatic rings. The molecule has 1 rings (SSSR count). The predicted molar refractivity (Wildman–Crippen MR) is 60.1 cm³/mol. The number of hydrogen-bond donors (Lipinski definition) is 2. The Balaban J connectivity index is 2.36. The average molecular weight is 228 g/mol. The van der Waals surface area contributed by atoms with E-state index in [2.05, 4.69) is 10.3 Å². The minimum absolute atomic E-state index is 0.213. The minimum atomic E-state index is -0.460. The molecule has 1 aromatic rings. The van der Waals surface area contributed by atoms with Gasteiger partial charge in [0.15, 0.2) is 0 Å². The minimum Gasteiger partial charge on any atom is -0.391 e. The van der Waals surface area contributed by atoms with E-state index >= 15 is 0 Å². The normalized spacial score (nSPS) is 12.5. The van der Waals surface area contributed by atoms with Gasteiger partial charge in [-0.25, -0.2) is 4.98 Å². The molecular weight excluding hydrogens is 212 g/mol. The van der Waals surface area contributed by atoms with E-state index in [0.717, 1.165) is 11.4 Å². The van der Waals surface area contributed by atoms with Crippen molar-refractivity contribution in [2.24, 2.45) is 0 Å². The molecule has 1 aromatic heterocycles. The molecule has 15 heavy (non-hydrogen) atoms. The Morgan fingerprint density at radius 1 is 1.73 bits per heavy atom. The standard InChI is InChI=1S/C10H16N2O2S/c1-3-4-8(13)5-11-10(14)9-6-15-7(2)12-9/h6,8,13H,3-5H2,1-2H3,(H,11,14). The number of aliphatic hydroxyl groups is 1. The van der Waals surface area contributed by atoms with Gasteiger partial charge in [0, 0.05) is 11.9 Å². The van der Waals surface area contributed by atoms with Crippen LogP contribution in [0.2, 0.25) is 0 Å². The molecule has 1 atom stereocenters. The fourth-order valence-electron chi connectivity index (χ4n) is 1.20. The summed E-state index contributed by atoms with van der Waals surface area (Å²) >= 11 is 1.44. The van der Waals surface area contributed by atoms with Gasteiger partial charge in [-0.15, -0.1) is 11.3 Å². The highest BCUT2D eigenvalue weighted by molar-refractivity contribution is 7.09. The maximum Gasteiger partial charge on any atom is 0.270 e. The quantitative estimate of drug-likeness (QED) is 0.799. The number of carbonyl (C=O) groups is 1. The van der Waals surface area contributed by atoms with Crippen molar-refractivity contribution in [3.63, 3.8) is 0 Å². The lowest BCUT2D eigenvalue weighted by molar-refractivity contribution is 0.0906. The molecule has 0 aliphatic heterocycles. The first-order valence-electron chi connectivity index (χ1n) is 5.02. The number of nitrogens with zero attached hydrogens (tertiary/aromatic N) is 1. The van der Waals surface area contributed by atoms with E-state index in [4.69, 9.17) is 0 Å². The Labute approximate surface area is 93.4 Å². The van der Waals surface area contributed by atoms with Crippen LogP contribution in [0, 0.1) is 6.92 Å². The van der Waals surface area contributed by atoms with E-state index in [-0.39, 0.29) is 5.91 Å². The smallest absolute Gasteiger partial charge is 0.270 e. The second kappa shape index (κ2) is 5.82. The number of aryl methyl sites for hydroxylation is 1. The third-order valence-electron chi connectivity index (χ3n) is 1.97. The van der Waals surface area contributed by atoms with Crippen molar-refractivity contribution in [1.82, 2.24) is 10.3 Å².